The number of hydrogen-bond donors (Lipinski definition) is 0. The van der Waals surface area contributed by atoms with Crippen molar-refractivity contribution in [3.8, 4) is 0 Å². The van der Waals surface area contributed by atoms with Gasteiger partial charge in [0.1, 0.15) is 4.21 Å². The fourth-order valence-corrected chi connectivity index (χ4v) is 7.83. The molecule has 1 unspecified atom stereocenters. The summed E-state index contributed by atoms with van der Waals surface area (Å²) in [5.74, 6) is 0. The van der Waals surface area contributed by atoms with Crippen molar-refractivity contribution in [2.45, 2.75) is 35.9 Å². The molecule has 5 rings (SSSR count). The highest BCUT2D eigenvalue weighted by atomic mass is 79.9. The van der Waals surface area contributed by atoms with Gasteiger partial charge in [0.15, 0.2) is 12.5 Å². The average molecular weight is 521 g/mol. The van der Waals surface area contributed by atoms with Crippen LogP contribution in [-0.4, -0.2) is 44.4 Å². The minimum atomic E-state index is -3.54. The number of ether oxygens (including phenoxy) is 1. The van der Waals surface area contributed by atoms with E-state index in [0.29, 0.717) is 36.7 Å². The van der Waals surface area contributed by atoms with Gasteiger partial charge in [-0.05, 0) is 48.6 Å². The van der Waals surface area contributed by atoms with Crippen LogP contribution >= 0.6 is 27.3 Å². The van der Waals surface area contributed by atoms with Gasteiger partial charge in [-0.15, -0.1) is 11.3 Å². The molecule has 2 aliphatic heterocycles. The molecule has 0 saturated carbocycles. The number of thiophene rings is 1. The van der Waals surface area contributed by atoms with Crippen LogP contribution in [-0.2, 0) is 26.2 Å². The molecule has 0 radical (unpaired) electrons. The number of nitrogens with zero attached hydrogens (tertiary/aromatic N) is 2. The number of rotatable bonds is 4. The van der Waals surface area contributed by atoms with Crippen molar-refractivity contribution < 1.29 is 17.9 Å². The number of carbonyl (C=O) groups excluding carboxylic acids is 1. The molecule has 0 amide bonds. The SMILES string of the molecule is O=CC1OCc2cc(Br)ccc2N1C1CCN(S(=O)(=O)c2cc3ccccc3s2)CC1. The first kappa shape index (κ1) is 21.1. The molecule has 2 aliphatic rings. The summed E-state index contributed by atoms with van der Waals surface area (Å²) in [6.07, 6.45) is 1.44. The topological polar surface area (TPSA) is 66.9 Å². The van der Waals surface area contributed by atoms with Crippen molar-refractivity contribution in [2.75, 3.05) is 18.0 Å². The van der Waals surface area contributed by atoms with E-state index in [1.165, 1.54) is 11.3 Å². The fraction of sp³-hybridized carbons (Fsp3) is 0.318. The Hall–Kier alpha value is -1.78. The van der Waals surface area contributed by atoms with E-state index in [9.17, 15) is 13.2 Å². The van der Waals surface area contributed by atoms with Gasteiger partial charge in [0.25, 0.3) is 10.0 Å². The first-order valence-corrected chi connectivity index (χ1v) is 13.1. The van der Waals surface area contributed by atoms with Crippen LogP contribution in [0.2, 0.25) is 0 Å². The lowest BCUT2D eigenvalue weighted by molar-refractivity contribution is -0.120. The van der Waals surface area contributed by atoms with E-state index in [1.54, 1.807) is 10.4 Å². The Labute approximate surface area is 193 Å². The van der Waals surface area contributed by atoms with E-state index in [-0.39, 0.29) is 6.04 Å². The second-order valence-corrected chi connectivity index (χ2v) is 11.9. The van der Waals surface area contributed by atoms with Crippen molar-refractivity contribution >= 4 is 59.3 Å². The van der Waals surface area contributed by atoms with Gasteiger partial charge in [0.2, 0.25) is 0 Å². The second-order valence-electron chi connectivity index (χ2n) is 7.76. The first-order valence-electron chi connectivity index (χ1n) is 10.1. The number of benzene rings is 2. The predicted molar refractivity (Wildman–Crippen MR) is 125 cm³/mol. The van der Waals surface area contributed by atoms with Crippen LogP contribution in [0, 0.1) is 0 Å². The molecule has 1 saturated heterocycles. The summed E-state index contributed by atoms with van der Waals surface area (Å²) in [6, 6.07) is 15.5. The van der Waals surface area contributed by atoms with Crippen LogP contribution in [0.5, 0.6) is 0 Å². The predicted octanol–water partition coefficient (Wildman–Crippen LogP) is 4.38. The third kappa shape index (κ3) is 3.82. The zero-order valence-electron chi connectivity index (χ0n) is 16.6. The number of anilines is 1. The maximum absolute atomic E-state index is 13.2. The standard InChI is InChI=1S/C22H21BrN2O4S2/c23-17-5-6-19-16(11-17)14-29-21(13-26)25(19)18-7-9-24(10-8-18)31(27,28)22-12-15-3-1-2-4-20(15)30-22/h1-6,11-13,18,21H,7-10,14H2. The molecule has 2 aromatic carbocycles. The van der Waals surface area contributed by atoms with Gasteiger partial charge < -0.3 is 9.64 Å². The number of sulfonamides is 1. The van der Waals surface area contributed by atoms with Crippen molar-refractivity contribution in [3.05, 3.63) is 58.6 Å². The maximum atomic E-state index is 13.2. The molecule has 0 N–H and O–H groups in total. The smallest absolute Gasteiger partial charge is 0.252 e. The van der Waals surface area contributed by atoms with Crippen molar-refractivity contribution in [1.29, 1.82) is 0 Å². The van der Waals surface area contributed by atoms with Crippen LogP contribution in [0.15, 0.2) is 57.2 Å². The average Bonchev–Trinajstić information content (AvgIpc) is 3.23. The highest BCUT2D eigenvalue weighted by molar-refractivity contribution is 9.10. The van der Waals surface area contributed by atoms with E-state index in [1.807, 2.05) is 47.4 Å². The van der Waals surface area contributed by atoms with Crippen LogP contribution in [0.4, 0.5) is 5.69 Å². The molecule has 162 valence electrons. The maximum Gasteiger partial charge on any atom is 0.252 e. The fourth-order valence-electron chi connectivity index (χ4n) is 4.40. The second kappa shape index (κ2) is 8.29. The van der Waals surface area contributed by atoms with Crippen molar-refractivity contribution in [1.82, 2.24) is 4.31 Å². The number of halogens is 1. The molecule has 1 fully saturated rings. The van der Waals surface area contributed by atoms with Gasteiger partial charge >= 0.3 is 0 Å². The molecule has 6 nitrogen and oxygen atoms in total. The van der Waals surface area contributed by atoms with Gasteiger partial charge in [0.05, 0.1) is 6.61 Å². The summed E-state index contributed by atoms with van der Waals surface area (Å²) in [6.45, 7) is 1.21. The molecule has 9 heteroatoms. The summed E-state index contributed by atoms with van der Waals surface area (Å²) >= 11 is 4.80. The van der Waals surface area contributed by atoms with E-state index in [4.69, 9.17) is 4.74 Å². The molecule has 3 aromatic rings. The Kier molecular flexibility index (Phi) is 5.64. The van der Waals surface area contributed by atoms with E-state index < -0.39 is 16.3 Å². The molecular formula is C22H21BrN2O4S2. The lowest BCUT2D eigenvalue weighted by atomic mass is 10.0. The van der Waals surface area contributed by atoms with E-state index in [2.05, 4.69) is 15.9 Å². The molecular weight excluding hydrogens is 500 g/mol. The Morgan fingerprint density at radius 1 is 1.10 bits per heavy atom. The molecule has 0 aliphatic carbocycles. The zero-order valence-corrected chi connectivity index (χ0v) is 19.8. The Balaban J connectivity index is 1.37. The van der Waals surface area contributed by atoms with Crippen molar-refractivity contribution in [3.63, 3.8) is 0 Å². The zero-order chi connectivity index (χ0) is 21.6. The third-order valence-corrected chi connectivity index (χ3v) is 9.89. The molecule has 0 spiro atoms. The summed E-state index contributed by atoms with van der Waals surface area (Å²) < 4.78 is 36.1. The largest absolute Gasteiger partial charge is 0.346 e. The van der Waals surface area contributed by atoms with Crippen LogP contribution in [0.1, 0.15) is 18.4 Å². The molecule has 0 bridgehead atoms. The van der Waals surface area contributed by atoms with E-state index in [0.717, 1.165) is 32.1 Å². The Morgan fingerprint density at radius 3 is 2.61 bits per heavy atom. The van der Waals surface area contributed by atoms with Crippen LogP contribution in [0.3, 0.4) is 0 Å². The van der Waals surface area contributed by atoms with Crippen molar-refractivity contribution in [2.24, 2.45) is 0 Å². The molecule has 1 aromatic heterocycles. The number of piperidine rings is 1. The number of aldehydes is 1. The van der Waals surface area contributed by atoms with Gasteiger partial charge in [0, 0.05) is 39.6 Å². The Bertz CT molecular complexity index is 1200. The van der Waals surface area contributed by atoms with Crippen LogP contribution < -0.4 is 4.90 Å². The van der Waals surface area contributed by atoms with Gasteiger partial charge in [-0.25, -0.2) is 8.42 Å². The first-order chi connectivity index (χ1) is 15.0. The summed E-state index contributed by atoms with van der Waals surface area (Å²) in [7, 11) is -3.54. The molecule has 1 atom stereocenters. The van der Waals surface area contributed by atoms with E-state index >= 15 is 0 Å². The van der Waals surface area contributed by atoms with Gasteiger partial charge in [-0.2, -0.15) is 4.31 Å². The Morgan fingerprint density at radius 2 is 1.87 bits per heavy atom. The minimum absolute atomic E-state index is 0.0317. The monoisotopic (exact) mass is 520 g/mol. The highest BCUT2D eigenvalue weighted by Gasteiger charge is 2.37. The number of carbonyl (C=O) groups is 1. The minimum Gasteiger partial charge on any atom is -0.346 e. The summed E-state index contributed by atoms with van der Waals surface area (Å²) in [5, 5.41) is 0.947. The summed E-state index contributed by atoms with van der Waals surface area (Å²) in [5.41, 5.74) is 2.00. The quantitative estimate of drug-likeness (QED) is 0.477. The molecule has 31 heavy (non-hydrogen) atoms. The normalized spacial score (nSPS) is 20.7. The van der Waals surface area contributed by atoms with Gasteiger partial charge in [-0.1, -0.05) is 34.1 Å². The lowest BCUT2D eigenvalue weighted by Gasteiger charge is -2.44. The third-order valence-electron chi connectivity index (χ3n) is 5.93. The van der Waals surface area contributed by atoms with Gasteiger partial charge in [-0.3, -0.25) is 4.79 Å². The number of fused-ring (bicyclic) bond motifs is 2. The highest BCUT2D eigenvalue weighted by Crippen LogP contribution is 2.37. The van der Waals surface area contributed by atoms with Crippen LogP contribution in [0.25, 0.3) is 10.1 Å². The lowest BCUT2D eigenvalue weighted by Crippen LogP contribution is -2.53. The number of hydrogen-bond acceptors (Lipinski definition) is 6. The summed E-state index contributed by atoms with van der Waals surface area (Å²) in [4.78, 5) is 13.7. The molecule has 3 heterocycles.